The van der Waals surface area contributed by atoms with Crippen molar-refractivity contribution in [2.24, 2.45) is 0 Å². The van der Waals surface area contributed by atoms with Crippen LogP contribution >= 0.6 is 46.4 Å². The predicted octanol–water partition coefficient (Wildman–Crippen LogP) is 7.22. The van der Waals surface area contributed by atoms with Crippen LogP contribution in [0.2, 0.25) is 20.1 Å². The molecule has 2 N–H and O–H groups in total. The van der Waals surface area contributed by atoms with Gasteiger partial charge >= 0.3 is 0 Å². The molecule has 0 heterocycles. The Morgan fingerprint density at radius 2 is 1.04 bits per heavy atom. The molecule has 0 bridgehead atoms. The van der Waals surface area contributed by atoms with Crippen molar-refractivity contribution in [3.8, 4) is 11.5 Å². The monoisotopic (exact) mass is 402 g/mol. The van der Waals surface area contributed by atoms with E-state index in [-0.39, 0.29) is 21.5 Å². The van der Waals surface area contributed by atoms with Crippen molar-refractivity contribution in [2.75, 3.05) is 0 Å². The minimum atomic E-state index is 0.00588. The van der Waals surface area contributed by atoms with Crippen LogP contribution in [0.5, 0.6) is 11.5 Å². The van der Waals surface area contributed by atoms with Crippen molar-refractivity contribution in [2.45, 2.75) is 12.8 Å². The number of aromatic hydroxyl groups is 2. The summed E-state index contributed by atoms with van der Waals surface area (Å²) in [5.74, 6) is 0.0118. The van der Waals surface area contributed by atoms with Crippen molar-refractivity contribution in [1.29, 1.82) is 0 Å². The van der Waals surface area contributed by atoms with Gasteiger partial charge in [0, 0.05) is 21.2 Å². The molecule has 0 aromatic heterocycles. The van der Waals surface area contributed by atoms with E-state index in [1.54, 1.807) is 24.3 Å². The minimum absolute atomic E-state index is 0.00588. The van der Waals surface area contributed by atoms with Gasteiger partial charge in [-0.05, 0) is 37.1 Å². The van der Waals surface area contributed by atoms with E-state index >= 15 is 0 Å². The fourth-order valence-corrected chi connectivity index (χ4v) is 3.06. The van der Waals surface area contributed by atoms with Crippen LogP contribution < -0.4 is 0 Å². The number of unbranched alkanes of at least 4 members (excludes halogenated alkanes) is 1. The quantitative estimate of drug-likeness (QED) is 0.517. The highest BCUT2D eigenvalue weighted by atomic mass is 35.5. The van der Waals surface area contributed by atoms with Crippen LogP contribution in [0.3, 0.4) is 0 Å². The molecular formula is C18H14Cl4O2. The Kier molecular flexibility index (Phi) is 6.88. The lowest BCUT2D eigenvalue weighted by molar-refractivity contribution is 0.474. The minimum Gasteiger partial charge on any atom is -0.506 e. The average Bonchev–Trinajstić information content (AvgIpc) is 2.51. The molecular weight excluding hydrogens is 390 g/mol. The SMILES string of the molecule is Oc1c(Cl)cc(Cl)cc1/C=C/CC/C=C/c1cc(Cl)cc(Cl)c1O. The van der Waals surface area contributed by atoms with Crippen LogP contribution in [0.25, 0.3) is 12.2 Å². The zero-order valence-electron chi connectivity index (χ0n) is 12.4. The van der Waals surface area contributed by atoms with Gasteiger partial charge in [-0.15, -0.1) is 0 Å². The van der Waals surface area contributed by atoms with Gasteiger partial charge in [-0.2, -0.15) is 0 Å². The maximum absolute atomic E-state index is 9.85. The number of hydrogen-bond donors (Lipinski definition) is 2. The molecule has 2 nitrogen and oxygen atoms in total. The molecule has 2 rings (SSSR count). The van der Waals surface area contributed by atoms with Gasteiger partial charge in [0.1, 0.15) is 11.5 Å². The summed E-state index contributed by atoms with van der Waals surface area (Å²) < 4.78 is 0. The highest BCUT2D eigenvalue weighted by Crippen LogP contribution is 2.33. The second kappa shape index (κ2) is 8.68. The van der Waals surface area contributed by atoms with Gasteiger partial charge in [0.25, 0.3) is 0 Å². The summed E-state index contributed by atoms with van der Waals surface area (Å²) in [6, 6.07) is 6.25. The van der Waals surface area contributed by atoms with Crippen molar-refractivity contribution >= 4 is 58.6 Å². The number of allylic oxidation sites excluding steroid dienone is 2. The van der Waals surface area contributed by atoms with Crippen LogP contribution in [-0.2, 0) is 0 Å². The highest BCUT2D eigenvalue weighted by Gasteiger charge is 2.05. The number of phenols is 2. The molecule has 6 heteroatoms. The molecule has 2 aromatic rings. The number of benzene rings is 2. The van der Waals surface area contributed by atoms with E-state index in [4.69, 9.17) is 46.4 Å². The molecule has 0 aliphatic rings. The molecule has 0 atom stereocenters. The van der Waals surface area contributed by atoms with E-state index in [1.807, 2.05) is 12.2 Å². The average molecular weight is 404 g/mol. The zero-order chi connectivity index (χ0) is 17.7. The first-order chi connectivity index (χ1) is 11.4. The lowest BCUT2D eigenvalue weighted by Crippen LogP contribution is -1.78. The smallest absolute Gasteiger partial charge is 0.141 e. The Balaban J connectivity index is 1.96. The largest absolute Gasteiger partial charge is 0.506 e. The highest BCUT2D eigenvalue weighted by molar-refractivity contribution is 6.36. The maximum atomic E-state index is 9.85. The van der Waals surface area contributed by atoms with Gasteiger partial charge in [-0.3, -0.25) is 0 Å². The number of rotatable bonds is 5. The van der Waals surface area contributed by atoms with E-state index in [2.05, 4.69) is 0 Å². The summed E-state index contributed by atoms with van der Waals surface area (Å²) in [6.45, 7) is 0. The summed E-state index contributed by atoms with van der Waals surface area (Å²) in [4.78, 5) is 0. The third kappa shape index (κ3) is 5.09. The van der Waals surface area contributed by atoms with E-state index < -0.39 is 0 Å². The van der Waals surface area contributed by atoms with Crippen molar-refractivity contribution in [3.05, 3.63) is 67.6 Å². The molecule has 0 aliphatic carbocycles. The Bertz CT molecular complexity index is 731. The van der Waals surface area contributed by atoms with Gasteiger partial charge in [-0.1, -0.05) is 70.7 Å². The second-order valence-corrected chi connectivity index (χ2v) is 6.72. The molecule has 0 unspecified atom stereocenters. The molecule has 0 radical (unpaired) electrons. The Morgan fingerprint density at radius 1 is 0.667 bits per heavy atom. The summed E-state index contributed by atoms with van der Waals surface area (Å²) >= 11 is 23.5. The van der Waals surface area contributed by atoms with Crippen LogP contribution in [0.1, 0.15) is 24.0 Å². The summed E-state index contributed by atoms with van der Waals surface area (Å²) in [6.07, 6.45) is 8.78. The third-order valence-corrected chi connectivity index (χ3v) is 4.22. The fraction of sp³-hybridized carbons (Fsp3) is 0.111. The number of phenolic OH excluding ortho intramolecular Hbond substituents is 2. The Labute approximate surface area is 160 Å². The predicted molar refractivity (Wildman–Crippen MR) is 104 cm³/mol. The molecule has 0 saturated carbocycles. The van der Waals surface area contributed by atoms with E-state index in [9.17, 15) is 10.2 Å². The fourth-order valence-electron chi connectivity index (χ4n) is 2.04. The standard InChI is InChI=1S/C18H14Cl4O2/c19-13-7-11(17(23)15(21)9-13)5-3-1-2-4-6-12-8-14(20)10-16(22)18(12)24/h3-10,23-24H,1-2H2/b5-3+,6-4+. The van der Waals surface area contributed by atoms with E-state index in [0.717, 1.165) is 12.8 Å². The van der Waals surface area contributed by atoms with Crippen LogP contribution in [0.15, 0.2) is 36.4 Å². The summed E-state index contributed by atoms with van der Waals surface area (Å²) in [7, 11) is 0. The molecule has 0 fully saturated rings. The van der Waals surface area contributed by atoms with Crippen LogP contribution in [0, 0.1) is 0 Å². The first-order valence-corrected chi connectivity index (χ1v) is 8.58. The topological polar surface area (TPSA) is 40.5 Å². The number of halogens is 4. The summed E-state index contributed by atoms with van der Waals surface area (Å²) in [5, 5.41) is 21.1. The Morgan fingerprint density at radius 3 is 1.42 bits per heavy atom. The molecule has 0 spiro atoms. The Hall–Kier alpha value is -1.32. The van der Waals surface area contributed by atoms with E-state index in [1.165, 1.54) is 12.1 Å². The van der Waals surface area contributed by atoms with Crippen molar-refractivity contribution < 1.29 is 10.2 Å². The molecule has 2 aromatic carbocycles. The maximum Gasteiger partial charge on any atom is 0.141 e. The molecule has 0 aliphatic heterocycles. The summed E-state index contributed by atoms with van der Waals surface area (Å²) in [5.41, 5.74) is 1.13. The number of hydrogen-bond acceptors (Lipinski definition) is 2. The lowest BCUT2D eigenvalue weighted by Gasteiger charge is -2.03. The van der Waals surface area contributed by atoms with Gasteiger partial charge in [0.05, 0.1) is 10.0 Å². The lowest BCUT2D eigenvalue weighted by atomic mass is 10.1. The first-order valence-electron chi connectivity index (χ1n) is 7.07. The van der Waals surface area contributed by atoms with Gasteiger partial charge in [0.2, 0.25) is 0 Å². The molecule has 126 valence electrons. The van der Waals surface area contributed by atoms with Crippen LogP contribution in [0.4, 0.5) is 0 Å². The van der Waals surface area contributed by atoms with Crippen molar-refractivity contribution in [1.82, 2.24) is 0 Å². The normalized spacial score (nSPS) is 11.7. The van der Waals surface area contributed by atoms with Crippen molar-refractivity contribution in [3.63, 3.8) is 0 Å². The molecule has 0 amide bonds. The second-order valence-electron chi connectivity index (χ2n) is 5.03. The molecule has 24 heavy (non-hydrogen) atoms. The van der Waals surface area contributed by atoms with Crippen LogP contribution in [-0.4, -0.2) is 10.2 Å². The first kappa shape index (κ1) is 19.0. The van der Waals surface area contributed by atoms with Gasteiger partial charge in [-0.25, -0.2) is 0 Å². The van der Waals surface area contributed by atoms with Gasteiger partial charge in [0.15, 0.2) is 0 Å². The zero-order valence-corrected chi connectivity index (χ0v) is 15.5. The molecule has 0 saturated heterocycles. The van der Waals surface area contributed by atoms with E-state index in [0.29, 0.717) is 21.2 Å². The third-order valence-electron chi connectivity index (χ3n) is 3.21. The van der Waals surface area contributed by atoms with Gasteiger partial charge < -0.3 is 10.2 Å².